The van der Waals surface area contributed by atoms with Crippen LogP contribution in [-0.2, 0) is 17.9 Å². The second kappa shape index (κ2) is 7.06. The molecule has 1 amide bonds. The first kappa shape index (κ1) is 13.7. The van der Waals surface area contributed by atoms with Gasteiger partial charge in [-0.3, -0.25) is 4.79 Å². The van der Waals surface area contributed by atoms with Gasteiger partial charge in [-0.05, 0) is 12.5 Å². The van der Waals surface area contributed by atoms with Crippen LogP contribution in [0.15, 0.2) is 12.5 Å². The van der Waals surface area contributed by atoms with E-state index in [-0.39, 0.29) is 5.91 Å². The van der Waals surface area contributed by atoms with Gasteiger partial charge in [0.2, 0.25) is 5.91 Å². The molecule has 5 nitrogen and oxygen atoms in total. The van der Waals surface area contributed by atoms with Crippen molar-refractivity contribution in [2.45, 2.75) is 33.9 Å². The van der Waals surface area contributed by atoms with Gasteiger partial charge in [-0.2, -0.15) is 0 Å². The van der Waals surface area contributed by atoms with Gasteiger partial charge in [0.25, 0.3) is 0 Å². The molecule has 0 radical (unpaired) electrons. The van der Waals surface area contributed by atoms with E-state index < -0.39 is 0 Å². The molecule has 0 bridgehead atoms. The number of hydrogen-bond donors (Lipinski definition) is 2. The number of imidazole rings is 1. The highest BCUT2D eigenvalue weighted by atomic mass is 16.1. The molecule has 0 atom stereocenters. The molecule has 0 aliphatic heterocycles. The maximum Gasteiger partial charge on any atom is 0.239 e. The quantitative estimate of drug-likeness (QED) is 0.737. The molecular weight excluding hydrogens is 216 g/mol. The zero-order chi connectivity index (χ0) is 12.7. The lowest BCUT2D eigenvalue weighted by atomic mass is 10.2. The monoisotopic (exact) mass is 238 g/mol. The summed E-state index contributed by atoms with van der Waals surface area (Å²) in [4.78, 5) is 15.8. The Morgan fingerprint density at radius 1 is 1.53 bits per heavy atom. The molecule has 96 valence electrons. The molecular formula is C12H22N4O. The number of hydrogen-bond acceptors (Lipinski definition) is 3. The number of nitrogens with zero attached hydrogens (tertiary/aromatic N) is 2. The van der Waals surface area contributed by atoms with Gasteiger partial charge in [0.1, 0.15) is 6.54 Å². The number of carbonyl (C=O) groups excluding carboxylic acids is 1. The Balaban J connectivity index is 2.35. The van der Waals surface area contributed by atoms with Crippen LogP contribution < -0.4 is 10.6 Å². The van der Waals surface area contributed by atoms with E-state index in [0.717, 1.165) is 25.3 Å². The van der Waals surface area contributed by atoms with Crippen LogP contribution in [0.2, 0.25) is 0 Å². The molecule has 0 fully saturated rings. The minimum atomic E-state index is 0.0334. The van der Waals surface area contributed by atoms with Crippen LogP contribution in [0, 0.1) is 5.92 Å². The summed E-state index contributed by atoms with van der Waals surface area (Å²) >= 11 is 0. The zero-order valence-electron chi connectivity index (χ0n) is 10.9. The van der Waals surface area contributed by atoms with Crippen LogP contribution in [0.1, 0.15) is 26.5 Å². The van der Waals surface area contributed by atoms with Crippen molar-refractivity contribution in [3.05, 3.63) is 18.2 Å². The first-order valence-electron chi connectivity index (χ1n) is 6.10. The Morgan fingerprint density at radius 3 is 2.94 bits per heavy atom. The van der Waals surface area contributed by atoms with Gasteiger partial charge in [-0.1, -0.05) is 20.8 Å². The largest absolute Gasteiger partial charge is 0.354 e. The molecule has 1 aromatic heterocycles. The molecule has 0 aromatic carbocycles. The van der Waals surface area contributed by atoms with Gasteiger partial charge >= 0.3 is 0 Å². The lowest BCUT2D eigenvalue weighted by Gasteiger charge is -2.07. The summed E-state index contributed by atoms with van der Waals surface area (Å²) in [5.41, 5.74) is 0.962. The van der Waals surface area contributed by atoms with Crippen molar-refractivity contribution in [2.24, 2.45) is 5.92 Å². The molecule has 1 heterocycles. The average Bonchev–Trinajstić information content (AvgIpc) is 2.71. The Morgan fingerprint density at radius 2 is 2.29 bits per heavy atom. The van der Waals surface area contributed by atoms with Gasteiger partial charge in [0, 0.05) is 19.3 Å². The predicted molar refractivity (Wildman–Crippen MR) is 67.5 cm³/mol. The molecule has 0 saturated carbocycles. The third-order valence-corrected chi connectivity index (χ3v) is 2.28. The van der Waals surface area contributed by atoms with E-state index in [4.69, 9.17) is 0 Å². The summed E-state index contributed by atoms with van der Waals surface area (Å²) < 4.78 is 1.81. The van der Waals surface area contributed by atoms with Crippen LogP contribution in [0.5, 0.6) is 0 Å². The summed E-state index contributed by atoms with van der Waals surface area (Å²) in [6.45, 7) is 8.93. The molecule has 0 saturated heterocycles. The Hall–Kier alpha value is -1.36. The van der Waals surface area contributed by atoms with Crippen molar-refractivity contribution in [3.8, 4) is 0 Å². The maximum absolute atomic E-state index is 11.6. The highest BCUT2D eigenvalue weighted by Gasteiger charge is 2.04. The molecule has 0 spiro atoms. The van der Waals surface area contributed by atoms with Crippen molar-refractivity contribution in [1.29, 1.82) is 0 Å². The van der Waals surface area contributed by atoms with Gasteiger partial charge in [0.15, 0.2) is 0 Å². The topological polar surface area (TPSA) is 59.0 Å². The number of aromatic nitrogens is 2. The Kier molecular flexibility index (Phi) is 5.69. The van der Waals surface area contributed by atoms with E-state index in [1.54, 1.807) is 6.33 Å². The van der Waals surface area contributed by atoms with E-state index >= 15 is 0 Å². The van der Waals surface area contributed by atoms with Crippen molar-refractivity contribution >= 4 is 5.91 Å². The molecule has 1 aromatic rings. The molecule has 2 N–H and O–H groups in total. The number of nitrogens with one attached hydrogen (secondary N) is 2. The first-order chi connectivity index (χ1) is 8.11. The second-order valence-corrected chi connectivity index (χ2v) is 4.52. The fourth-order valence-corrected chi connectivity index (χ4v) is 1.38. The van der Waals surface area contributed by atoms with Gasteiger partial charge in [-0.15, -0.1) is 0 Å². The molecule has 17 heavy (non-hydrogen) atoms. The van der Waals surface area contributed by atoms with Crippen LogP contribution in [-0.4, -0.2) is 28.5 Å². The van der Waals surface area contributed by atoms with Crippen LogP contribution >= 0.6 is 0 Å². The fraction of sp³-hybridized carbons (Fsp3) is 0.667. The Labute approximate surface area is 103 Å². The minimum absolute atomic E-state index is 0.0334. The van der Waals surface area contributed by atoms with Crippen LogP contribution in [0.25, 0.3) is 0 Å². The molecule has 5 heteroatoms. The minimum Gasteiger partial charge on any atom is -0.354 e. The molecule has 1 rings (SSSR count). The zero-order valence-corrected chi connectivity index (χ0v) is 10.9. The normalized spacial score (nSPS) is 10.8. The number of rotatable bonds is 7. The highest BCUT2D eigenvalue weighted by molar-refractivity contribution is 5.75. The summed E-state index contributed by atoms with van der Waals surface area (Å²) in [7, 11) is 0. The van der Waals surface area contributed by atoms with Crippen molar-refractivity contribution < 1.29 is 4.79 Å². The Bertz CT molecular complexity index is 346. The standard InChI is InChI=1S/C12H22N4O/c1-4-13-6-11-7-16(9-15-11)8-12(17)14-5-10(2)3/h7,9-10,13H,4-6,8H2,1-3H3,(H,14,17). The van der Waals surface area contributed by atoms with Crippen molar-refractivity contribution in [2.75, 3.05) is 13.1 Å². The fourth-order valence-electron chi connectivity index (χ4n) is 1.38. The predicted octanol–water partition coefficient (Wildman–Crippen LogP) is 0.765. The lowest BCUT2D eigenvalue weighted by Crippen LogP contribution is -2.30. The third kappa shape index (κ3) is 5.49. The van der Waals surface area contributed by atoms with E-state index in [1.807, 2.05) is 10.8 Å². The van der Waals surface area contributed by atoms with E-state index in [2.05, 4.69) is 36.4 Å². The van der Waals surface area contributed by atoms with Gasteiger partial charge in [0.05, 0.1) is 12.0 Å². The first-order valence-corrected chi connectivity index (χ1v) is 6.10. The number of amides is 1. The van der Waals surface area contributed by atoms with Crippen molar-refractivity contribution in [3.63, 3.8) is 0 Å². The smallest absolute Gasteiger partial charge is 0.239 e. The third-order valence-electron chi connectivity index (χ3n) is 2.28. The van der Waals surface area contributed by atoms with Crippen LogP contribution in [0.4, 0.5) is 0 Å². The molecule has 0 unspecified atom stereocenters. The van der Waals surface area contributed by atoms with Gasteiger partial charge < -0.3 is 15.2 Å². The van der Waals surface area contributed by atoms with Crippen LogP contribution in [0.3, 0.4) is 0 Å². The lowest BCUT2D eigenvalue weighted by molar-refractivity contribution is -0.121. The highest BCUT2D eigenvalue weighted by Crippen LogP contribution is 1.96. The van der Waals surface area contributed by atoms with E-state index in [9.17, 15) is 4.79 Å². The average molecular weight is 238 g/mol. The summed E-state index contributed by atoms with van der Waals surface area (Å²) in [5.74, 6) is 0.511. The molecule has 0 aliphatic rings. The van der Waals surface area contributed by atoms with E-state index in [0.29, 0.717) is 12.5 Å². The number of carbonyl (C=O) groups is 1. The summed E-state index contributed by atoms with van der Waals surface area (Å²) in [6, 6.07) is 0. The van der Waals surface area contributed by atoms with Gasteiger partial charge in [-0.25, -0.2) is 4.98 Å². The maximum atomic E-state index is 11.6. The second-order valence-electron chi connectivity index (χ2n) is 4.52. The van der Waals surface area contributed by atoms with Crippen molar-refractivity contribution in [1.82, 2.24) is 20.2 Å². The molecule has 0 aliphatic carbocycles. The summed E-state index contributed by atoms with van der Waals surface area (Å²) in [5, 5.41) is 6.07. The SMILES string of the molecule is CCNCc1cn(CC(=O)NCC(C)C)cn1. The van der Waals surface area contributed by atoms with E-state index in [1.165, 1.54) is 0 Å². The summed E-state index contributed by atoms with van der Waals surface area (Å²) in [6.07, 6.45) is 3.60.